The van der Waals surface area contributed by atoms with Crippen molar-refractivity contribution in [3.8, 4) is 0 Å². The molecule has 0 spiro atoms. The number of nitrogens with zero attached hydrogens (tertiary/aromatic N) is 2. The van der Waals surface area contributed by atoms with Crippen molar-refractivity contribution in [3.05, 3.63) is 41.6 Å². The monoisotopic (exact) mass is 272 g/mol. The first-order valence-corrected chi connectivity index (χ1v) is 6.60. The Morgan fingerprint density at radius 1 is 1.20 bits per heavy atom. The lowest BCUT2D eigenvalue weighted by Crippen LogP contribution is -2.09. The van der Waals surface area contributed by atoms with Crippen molar-refractivity contribution in [1.29, 1.82) is 0 Å². The highest BCUT2D eigenvalue weighted by atomic mass is 16.5. The van der Waals surface area contributed by atoms with Gasteiger partial charge in [0.15, 0.2) is 0 Å². The van der Waals surface area contributed by atoms with Crippen molar-refractivity contribution >= 4 is 17.5 Å². The van der Waals surface area contributed by atoms with Gasteiger partial charge in [0.1, 0.15) is 5.82 Å². The number of rotatable bonds is 6. The van der Waals surface area contributed by atoms with E-state index in [1.807, 2.05) is 18.2 Å². The van der Waals surface area contributed by atoms with E-state index in [1.165, 1.54) is 11.1 Å². The first-order valence-electron chi connectivity index (χ1n) is 6.60. The number of hydrogen-bond acceptors (Lipinski definition) is 5. The highest BCUT2D eigenvalue weighted by Gasteiger charge is 2.03. The summed E-state index contributed by atoms with van der Waals surface area (Å²) in [5.74, 6) is 1.37. The molecule has 5 heteroatoms. The number of ether oxygens (including phenoxy) is 1. The maximum atomic E-state index is 5.00. The second-order valence-electron chi connectivity index (χ2n) is 4.56. The highest BCUT2D eigenvalue weighted by Crippen LogP contribution is 2.21. The van der Waals surface area contributed by atoms with Crippen LogP contribution in [0.1, 0.15) is 11.1 Å². The molecule has 106 valence electrons. The van der Waals surface area contributed by atoms with E-state index in [0.29, 0.717) is 12.6 Å². The molecule has 0 unspecified atom stereocenters. The van der Waals surface area contributed by atoms with Gasteiger partial charge in [0.2, 0.25) is 5.95 Å². The minimum atomic E-state index is 0.584. The van der Waals surface area contributed by atoms with Gasteiger partial charge in [-0.05, 0) is 37.1 Å². The number of aryl methyl sites for hydroxylation is 1. The molecule has 5 nitrogen and oxygen atoms in total. The molecule has 0 aliphatic carbocycles. The third-order valence-corrected chi connectivity index (χ3v) is 3.12. The zero-order valence-electron chi connectivity index (χ0n) is 12.1. The molecule has 2 N–H and O–H groups in total. The molecule has 2 aromatic rings. The minimum Gasteiger partial charge on any atom is -0.383 e. The van der Waals surface area contributed by atoms with Crippen LogP contribution < -0.4 is 10.6 Å². The van der Waals surface area contributed by atoms with E-state index < -0.39 is 0 Å². The van der Waals surface area contributed by atoms with Crippen LogP contribution in [-0.4, -0.2) is 30.2 Å². The largest absolute Gasteiger partial charge is 0.383 e. The van der Waals surface area contributed by atoms with Crippen LogP contribution in [0.25, 0.3) is 0 Å². The van der Waals surface area contributed by atoms with Gasteiger partial charge in [-0.1, -0.05) is 12.1 Å². The third kappa shape index (κ3) is 3.68. The maximum absolute atomic E-state index is 5.00. The Bertz CT molecular complexity index is 572. The third-order valence-electron chi connectivity index (χ3n) is 3.12. The molecule has 0 saturated carbocycles. The number of nitrogens with one attached hydrogen (secondary N) is 2. The molecule has 1 aromatic heterocycles. The van der Waals surface area contributed by atoms with Gasteiger partial charge in [0, 0.05) is 25.5 Å². The predicted molar refractivity (Wildman–Crippen MR) is 81.6 cm³/mol. The van der Waals surface area contributed by atoms with Crippen LogP contribution in [0.15, 0.2) is 30.5 Å². The van der Waals surface area contributed by atoms with Crippen LogP contribution in [0.3, 0.4) is 0 Å². The second kappa shape index (κ2) is 6.86. The molecular formula is C15H20N4O. The molecule has 0 radical (unpaired) electrons. The van der Waals surface area contributed by atoms with Gasteiger partial charge in [-0.3, -0.25) is 0 Å². The Hall–Kier alpha value is -2.14. The summed E-state index contributed by atoms with van der Waals surface area (Å²) in [7, 11) is 1.68. The van der Waals surface area contributed by atoms with Gasteiger partial charge in [0.05, 0.1) is 6.61 Å². The van der Waals surface area contributed by atoms with Gasteiger partial charge in [0.25, 0.3) is 0 Å². The van der Waals surface area contributed by atoms with Crippen molar-refractivity contribution in [2.75, 3.05) is 30.9 Å². The van der Waals surface area contributed by atoms with E-state index >= 15 is 0 Å². The summed E-state index contributed by atoms with van der Waals surface area (Å²) in [6.45, 7) is 5.53. The van der Waals surface area contributed by atoms with E-state index in [2.05, 4.69) is 40.5 Å². The Kier molecular flexibility index (Phi) is 4.90. The molecule has 0 aliphatic heterocycles. The molecular weight excluding hydrogens is 252 g/mol. The van der Waals surface area contributed by atoms with Crippen molar-refractivity contribution in [3.63, 3.8) is 0 Å². The fraction of sp³-hybridized carbons (Fsp3) is 0.333. The summed E-state index contributed by atoms with van der Waals surface area (Å²) in [6, 6.07) is 7.97. The van der Waals surface area contributed by atoms with E-state index in [9.17, 15) is 0 Å². The zero-order chi connectivity index (χ0) is 14.4. The molecule has 0 saturated heterocycles. The summed E-state index contributed by atoms with van der Waals surface area (Å²) in [5.41, 5.74) is 3.47. The van der Waals surface area contributed by atoms with Gasteiger partial charge in [-0.25, -0.2) is 4.98 Å². The lowest BCUT2D eigenvalue weighted by molar-refractivity contribution is 0.210. The number of methoxy groups -OCH3 is 1. The fourth-order valence-electron chi connectivity index (χ4n) is 1.81. The topological polar surface area (TPSA) is 59.1 Å². The van der Waals surface area contributed by atoms with E-state index in [0.717, 1.165) is 18.1 Å². The number of benzene rings is 1. The van der Waals surface area contributed by atoms with Crippen LogP contribution in [0.2, 0.25) is 0 Å². The Labute approximate surface area is 119 Å². The predicted octanol–water partition coefficient (Wildman–Crippen LogP) is 2.90. The van der Waals surface area contributed by atoms with Gasteiger partial charge < -0.3 is 15.4 Å². The van der Waals surface area contributed by atoms with Crippen molar-refractivity contribution in [2.24, 2.45) is 0 Å². The number of anilines is 3. The minimum absolute atomic E-state index is 0.584. The van der Waals surface area contributed by atoms with Crippen molar-refractivity contribution in [2.45, 2.75) is 13.8 Å². The molecule has 1 aromatic carbocycles. The summed E-state index contributed by atoms with van der Waals surface area (Å²) < 4.78 is 5.00. The van der Waals surface area contributed by atoms with Gasteiger partial charge >= 0.3 is 0 Å². The van der Waals surface area contributed by atoms with Crippen molar-refractivity contribution in [1.82, 2.24) is 9.97 Å². The Balaban J connectivity index is 2.09. The van der Waals surface area contributed by atoms with Crippen LogP contribution in [0.4, 0.5) is 17.5 Å². The lowest BCUT2D eigenvalue weighted by atomic mass is 10.1. The quantitative estimate of drug-likeness (QED) is 0.792. The summed E-state index contributed by atoms with van der Waals surface area (Å²) >= 11 is 0. The molecule has 20 heavy (non-hydrogen) atoms. The molecule has 0 bridgehead atoms. The van der Waals surface area contributed by atoms with Crippen LogP contribution in [0.5, 0.6) is 0 Å². The standard InChI is InChI=1S/C15H20N4O/c1-11-5-4-6-13(12(11)2)18-15-17-8-7-14(19-15)16-9-10-20-3/h4-8H,9-10H2,1-3H3,(H2,16,17,18,19). The normalized spacial score (nSPS) is 10.3. The van der Waals surface area contributed by atoms with Crippen LogP contribution >= 0.6 is 0 Å². The van der Waals surface area contributed by atoms with E-state index in [1.54, 1.807) is 13.3 Å². The van der Waals surface area contributed by atoms with Crippen LogP contribution in [-0.2, 0) is 4.74 Å². The van der Waals surface area contributed by atoms with E-state index in [4.69, 9.17) is 4.74 Å². The van der Waals surface area contributed by atoms with Crippen LogP contribution in [0, 0.1) is 13.8 Å². The van der Waals surface area contributed by atoms with Crippen molar-refractivity contribution < 1.29 is 4.74 Å². The fourth-order valence-corrected chi connectivity index (χ4v) is 1.81. The highest BCUT2D eigenvalue weighted by molar-refractivity contribution is 5.60. The number of aromatic nitrogens is 2. The second-order valence-corrected chi connectivity index (χ2v) is 4.56. The molecule has 0 amide bonds. The molecule has 0 aliphatic rings. The first-order chi connectivity index (χ1) is 9.70. The van der Waals surface area contributed by atoms with Gasteiger partial charge in [-0.2, -0.15) is 4.98 Å². The summed E-state index contributed by atoms with van der Waals surface area (Å²) in [6.07, 6.45) is 1.73. The van der Waals surface area contributed by atoms with E-state index in [-0.39, 0.29) is 0 Å². The molecule has 1 heterocycles. The van der Waals surface area contributed by atoms with Gasteiger partial charge in [-0.15, -0.1) is 0 Å². The first kappa shape index (κ1) is 14.3. The Morgan fingerprint density at radius 3 is 2.85 bits per heavy atom. The number of hydrogen-bond donors (Lipinski definition) is 2. The smallest absolute Gasteiger partial charge is 0.229 e. The summed E-state index contributed by atoms with van der Waals surface area (Å²) in [5, 5.41) is 6.43. The zero-order valence-corrected chi connectivity index (χ0v) is 12.1. The average Bonchev–Trinajstić information content (AvgIpc) is 2.45. The maximum Gasteiger partial charge on any atom is 0.229 e. The summed E-state index contributed by atoms with van der Waals surface area (Å²) in [4.78, 5) is 8.66. The molecule has 0 fully saturated rings. The Morgan fingerprint density at radius 2 is 2.05 bits per heavy atom. The average molecular weight is 272 g/mol. The lowest BCUT2D eigenvalue weighted by Gasteiger charge is -2.11. The SMILES string of the molecule is COCCNc1ccnc(Nc2cccc(C)c2C)n1. The molecule has 2 rings (SSSR count). The molecule has 0 atom stereocenters.